The molecule has 1 saturated heterocycles. The Bertz CT molecular complexity index is 659. The number of furan rings is 1. The van der Waals surface area contributed by atoms with Crippen LogP contribution in [0.3, 0.4) is 0 Å². The first-order valence-electron chi connectivity index (χ1n) is 7.03. The van der Waals surface area contributed by atoms with Crippen molar-refractivity contribution in [2.24, 2.45) is 0 Å². The molecule has 6 heteroatoms. The fraction of sp³-hybridized carbons (Fsp3) is 0.250. The molecule has 0 spiro atoms. The van der Waals surface area contributed by atoms with Gasteiger partial charge in [0.2, 0.25) is 0 Å². The number of carbonyl (C=O) groups is 2. The second-order valence-electron chi connectivity index (χ2n) is 5.07. The number of carbonyl (C=O) groups excluding carboxylic acids is 2. The molecule has 22 heavy (non-hydrogen) atoms. The fourth-order valence-corrected chi connectivity index (χ4v) is 2.71. The Morgan fingerprint density at radius 3 is 2.05 bits per heavy atom. The Morgan fingerprint density at radius 1 is 0.909 bits per heavy atom. The van der Waals surface area contributed by atoms with Gasteiger partial charge in [-0.25, -0.2) is 0 Å². The van der Waals surface area contributed by atoms with Crippen molar-refractivity contribution in [2.45, 2.75) is 0 Å². The highest BCUT2D eigenvalue weighted by Gasteiger charge is 2.26. The Morgan fingerprint density at radius 2 is 1.50 bits per heavy atom. The van der Waals surface area contributed by atoms with Crippen LogP contribution in [0.25, 0.3) is 0 Å². The van der Waals surface area contributed by atoms with Crippen LogP contribution >= 0.6 is 15.9 Å². The minimum atomic E-state index is -0.124. The first kappa shape index (κ1) is 14.8. The number of amides is 2. The molecule has 0 saturated carbocycles. The van der Waals surface area contributed by atoms with Crippen molar-refractivity contribution in [1.29, 1.82) is 0 Å². The zero-order valence-electron chi connectivity index (χ0n) is 11.9. The molecule has 0 radical (unpaired) electrons. The van der Waals surface area contributed by atoms with Gasteiger partial charge in [0.05, 0.1) is 6.26 Å². The molecule has 0 bridgehead atoms. The molecule has 0 unspecified atom stereocenters. The Balaban J connectivity index is 1.60. The molecule has 1 fully saturated rings. The van der Waals surface area contributed by atoms with Gasteiger partial charge in [-0.15, -0.1) is 0 Å². The van der Waals surface area contributed by atoms with Crippen molar-refractivity contribution in [3.05, 3.63) is 58.5 Å². The highest BCUT2D eigenvalue weighted by atomic mass is 79.9. The summed E-state index contributed by atoms with van der Waals surface area (Å²) in [6.45, 7) is 2.09. The first-order chi connectivity index (χ1) is 10.6. The van der Waals surface area contributed by atoms with Crippen LogP contribution in [-0.4, -0.2) is 47.8 Å². The third-order valence-corrected chi connectivity index (χ3v) is 4.21. The fourth-order valence-electron chi connectivity index (χ4n) is 2.44. The van der Waals surface area contributed by atoms with Gasteiger partial charge in [0, 0.05) is 36.2 Å². The number of hydrogen-bond donors (Lipinski definition) is 0. The van der Waals surface area contributed by atoms with Gasteiger partial charge < -0.3 is 14.2 Å². The van der Waals surface area contributed by atoms with Gasteiger partial charge in [0.1, 0.15) is 0 Å². The second kappa shape index (κ2) is 6.36. The van der Waals surface area contributed by atoms with Gasteiger partial charge in [-0.2, -0.15) is 0 Å². The Hall–Kier alpha value is -2.08. The summed E-state index contributed by atoms with van der Waals surface area (Å²) in [5.41, 5.74) is 0.661. The summed E-state index contributed by atoms with van der Waals surface area (Å²) < 4.78 is 6.07. The van der Waals surface area contributed by atoms with Crippen molar-refractivity contribution in [3.63, 3.8) is 0 Å². The molecule has 0 aliphatic carbocycles. The molecule has 1 aromatic heterocycles. The van der Waals surface area contributed by atoms with Crippen LogP contribution in [0.4, 0.5) is 0 Å². The summed E-state index contributed by atoms with van der Waals surface area (Å²) >= 11 is 3.36. The molecule has 2 heterocycles. The normalized spacial score (nSPS) is 15.0. The van der Waals surface area contributed by atoms with Crippen molar-refractivity contribution >= 4 is 27.7 Å². The Labute approximate surface area is 136 Å². The highest BCUT2D eigenvalue weighted by molar-refractivity contribution is 9.10. The Kier molecular flexibility index (Phi) is 4.29. The van der Waals surface area contributed by atoms with E-state index in [4.69, 9.17) is 4.42 Å². The summed E-state index contributed by atoms with van der Waals surface area (Å²) in [7, 11) is 0. The van der Waals surface area contributed by atoms with E-state index in [0.717, 1.165) is 4.47 Å². The lowest BCUT2D eigenvalue weighted by atomic mass is 10.2. The summed E-state index contributed by atoms with van der Waals surface area (Å²) in [4.78, 5) is 28.1. The van der Waals surface area contributed by atoms with Crippen molar-refractivity contribution in [1.82, 2.24) is 9.80 Å². The van der Waals surface area contributed by atoms with Gasteiger partial charge in [0.15, 0.2) is 5.76 Å². The average Bonchev–Trinajstić information content (AvgIpc) is 3.09. The zero-order chi connectivity index (χ0) is 15.5. The smallest absolute Gasteiger partial charge is 0.289 e. The monoisotopic (exact) mass is 362 g/mol. The zero-order valence-corrected chi connectivity index (χ0v) is 13.5. The summed E-state index contributed by atoms with van der Waals surface area (Å²) in [5, 5.41) is 0. The van der Waals surface area contributed by atoms with E-state index in [-0.39, 0.29) is 11.8 Å². The van der Waals surface area contributed by atoms with E-state index < -0.39 is 0 Å². The number of rotatable bonds is 2. The number of benzene rings is 1. The molecule has 3 rings (SSSR count). The minimum absolute atomic E-state index is 0.00222. The van der Waals surface area contributed by atoms with Gasteiger partial charge in [-0.3, -0.25) is 9.59 Å². The average molecular weight is 363 g/mol. The van der Waals surface area contributed by atoms with Crippen LogP contribution in [0.2, 0.25) is 0 Å². The van der Waals surface area contributed by atoms with Crippen molar-refractivity contribution < 1.29 is 14.0 Å². The molecule has 0 atom stereocenters. The second-order valence-corrected chi connectivity index (χ2v) is 5.98. The van der Waals surface area contributed by atoms with E-state index in [1.165, 1.54) is 6.26 Å². The van der Waals surface area contributed by atoms with E-state index in [1.807, 2.05) is 12.1 Å². The summed E-state index contributed by atoms with van der Waals surface area (Å²) in [5.74, 6) is 0.214. The van der Waals surface area contributed by atoms with Crippen LogP contribution in [0.1, 0.15) is 20.9 Å². The lowest BCUT2D eigenvalue weighted by Gasteiger charge is -2.34. The van der Waals surface area contributed by atoms with Crippen molar-refractivity contribution in [2.75, 3.05) is 26.2 Å². The van der Waals surface area contributed by atoms with Gasteiger partial charge in [0.25, 0.3) is 11.8 Å². The molecule has 1 aromatic carbocycles. The maximum atomic E-state index is 12.4. The molecule has 2 aromatic rings. The van der Waals surface area contributed by atoms with E-state index in [0.29, 0.717) is 37.5 Å². The highest BCUT2D eigenvalue weighted by Crippen LogP contribution is 2.15. The third-order valence-electron chi connectivity index (χ3n) is 3.68. The van der Waals surface area contributed by atoms with Gasteiger partial charge in [-0.05, 0) is 36.4 Å². The van der Waals surface area contributed by atoms with E-state index in [9.17, 15) is 9.59 Å². The topological polar surface area (TPSA) is 53.8 Å². The molecule has 114 valence electrons. The lowest BCUT2D eigenvalue weighted by molar-refractivity contribution is 0.0518. The van der Waals surface area contributed by atoms with Crippen LogP contribution in [-0.2, 0) is 0 Å². The van der Waals surface area contributed by atoms with Crippen LogP contribution in [0, 0.1) is 0 Å². The largest absolute Gasteiger partial charge is 0.459 e. The standard InChI is InChI=1S/C16H15BrN2O3/c17-13-5-3-12(4-6-13)15(20)18-7-9-19(10-8-18)16(21)14-2-1-11-22-14/h1-6,11H,7-10H2. The van der Waals surface area contributed by atoms with Gasteiger partial charge in [-0.1, -0.05) is 15.9 Å². The molecular weight excluding hydrogens is 348 g/mol. The van der Waals surface area contributed by atoms with E-state index >= 15 is 0 Å². The van der Waals surface area contributed by atoms with Crippen LogP contribution in [0.15, 0.2) is 51.6 Å². The SMILES string of the molecule is O=C(c1ccc(Br)cc1)N1CCN(C(=O)c2ccco2)CC1. The summed E-state index contributed by atoms with van der Waals surface area (Å²) in [6.07, 6.45) is 1.49. The lowest BCUT2D eigenvalue weighted by Crippen LogP contribution is -2.50. The number of piperazine rings is 1. The van der Waals surface area contributed by atoms with Crippen molar-refractivity contribution in [3.8, 4) is 0 Å². The first-order valence-corrected chi connectivity index (χ1v) is 7.82. The number of hydrogen-bond acceptors (Lipinski definition) is 3. The molecule has 5 nitrogen and oxygen atoms in total. The van der Waals surface area contributed by atoms with E-state index in [1.54, 1.807) is 34.1 Å². The van der Waals surface area contributed by atoms with Crippen LogP contribution in [0.5, 0.6) is 0 Å². The minimum Gasteiger partial charge on any atom is -0.459 e. The predicted molar refractivity (Wildman–Crippen MR) is 84.7 cm³/mol. The molecule has 1 aliphatic heterocycles. The number of nitrogens with zero attached hydrogens (tertiary/aromatic N) is 2. The quantitative estimate of drug-likeness (QED) is 0.824. The number of halogens is 1. The predicted octanol–water partition coefficient (Wildman–Crippen LogP) is 2.64. The van der Waals surface area contributed by atoms with E-state index in [2.05, 4.69) is 15.9 Å². The van der Waals surface area contributed by atoms with Crippen LogP contribution < -0.4 is 0 Å². The molecule has 2 amide bonds. The third kappa shape index (κ3) is 3.06. The molecule has 0 N–H and O–H groups in total. The maximum Gasteiger partial charge on any atom is 0.289 e. The summed E-state index contributed by atoms with van der Waals surface area (Å²) in [6, 6.07) is 10.6. The molecule has 1 aliphatic rings. The maximum absolute atomic E-state index is 12.4. The molecular formula is C16H15BrN2O3. The van der Waals surface area contributed by atoms with Gasteiger partial charge >= 0.3 is 0 Å².